The van der Waals surface area contributed by atoms with Gasteiger partial charge in [-0.2, -0.15) is 0 Å². The predicted molar refractivity (Wildman–Crippen MR) is 78.8 cm³/mol. The van der Waals surface area contributed by atoms with E-state index in [1.54, 1.807) is 0 Å². The number of carbonyl (C=O) groups is 1. The summed E-state index contributed by atoms with van der Waals surface area (Å²) in [5.41, 5.74) is 1.65. The second-order valence-corrected chi connectivity index (χ2v) is 5.21. The molecule has 1 aromatic carbocycles. The van der Waals surface area contributed by atoms with Crippen molar-refractivity contribution in [3.05, 3.63) is 52.0 Å². The third kappa shape index (κ3) is 2.16. The van der Waals surface area contributed by atoms with E-state index < -0.39 is 11.4 Å². The number of fused-ring (bicyclic) bond motifs is 3. The van der Waals surface area contributed by atoms with Gasteiger partial charge in [-0.15, -0.1) is 0 Å². The van der Waals surface area contributed by atoms with E-state index in [-0.39, 0.29) is 16.7 Å². The minimum atomic E-state index is -1.27. The van der Waals surface area contributed by atoms with Crippen molar-refractivity contribution in [2.75, 3.05) is 0 Å². The lowest BCUT2D eigenvalue weighted by atomic mass is 10.0. The molecule has 0 saturated carbocycles. The first-order valence-electron chi connectivity index (χ1n) is 6.57. The summed E-state index contributed by atoms with van der Waals surface area (Å²) in [4.78, 5) is 27.3. The number of rotatable bonds is 2. The topological polar surface area (TPSA) is 80.4 Å². The van der Waals surface area contributed by atoms with Crippen molar-refractivity contribution in [2.45, 2.75) is 19.8 Å². The van der Waals surface area contributed by atoms with Gasteiger partial charge in [0.15, 0.2) is 5.43 Å². The Kier molecular flexibility index (Phi) is 2.97. The molecule has 21 heavy (non-hydrogen) atoms. The summed E-state index contributed by atoms with van der Waals surface area (Å²) in [6.07, 6.45) is 1.43. The van der Waals surface area contributed by atoms with Gasteiger partial charge >= 0.3 is 5.97 Å². The van der Waals surface area contributed by atoms with Gasteiger partial charge in [0.1, 0.15) is 5.58 Å². The van der Waals surface area contributed by atoms with Gasteiger partial charge < -0.3 is 9.52 Å². The van der Waals surface area contributed by atoms with Crippen LogP contribution in [-0.4, -0.2) is 16.1 Å². The molecule has 0 aliphatic carbocycles. The highest BCUT2D eigenvalue weighted by Gasteiger charge is 2.14. The van der Waals surface area contributed by atoms with Crippen molar-refractivity contribution in [1.29, 1.82) is 0 Å². The predicted octanol–water partition coefficient (Wildman–Crippen LogP) is 3.16. The van der Waals surface area contributed by atoms with E-state index in [0.29, 0.717) is 16.8 Å². The molecule has 0 saturated heterocycles. The summed E-state index contributed by atoms with van der Waals surface area (Å²) in [5.74, 6) is -1.28. The second kappa shape index (κ2) is 4.70. The summed E-state index contributed by atoms with van der Waals surface area (Å²) in [5, 5.41) is 9.93. The molecule has 1 N–H and O–H groups in total. The zero-order valence-corrected chi connectivity index (χ0v) is 11.6. The molecule has 0 aliphatic rings. The highest BCUT2D eigenvalue weighted by Crippen LogP contribution is 2.25. The van der Waals surface area contributed by atoms with E-state index in [2.05, 4.69) is 18.8 Å². The molecule has 0 spiro atoms. The van der Waals surface area contributed by atoms with Gasteiger partial charge in [-0.25, -0.2) is 4.79 Å². The molecule has 106 valence electrons. The molecule has 3 rings (SSSR count). The van der Waals surface area contributed by atoms with Crippen LogP contribution in [0.25, 0.3) is 21.9 Å². The summed E-state index contributed by atoms with van der Waals surface area (Å²) in [7, 11) is 0. The van der Waals surface area contributed by atoms with E-state index in [9.17, 15) is 9.59 Å². The van der Waals surface area contributed by atoms with Gasteiger partial charge in [0.05, 0.1) is 10.9 Å². The van der Waals surface area contributed by atoms with Crippen LogP contribution in [0.2, 0.25) is 0 Å². The van der Waals surface area contributed by atoms with Crippen molar-refractivity contribution in [1.82, 2.24) is 4.98 Å². The molecule has 0 fully saturated rings. The maximum Gasteiger partial charge on any atom is 0.371 e. The van der Waals surface area contributed by atoms with Crippen LogP contribution < -0.4 is 5.43 Å². The average Bonchev–Trinajstić information content (AvgIpc) is 2.46. The summed E-state index contributed by atoms with van der Waals surface area (Å²) in [6.45, 7) is 4.15. The molecule has 2 heterocycles. The number of hydrogen-bond donors (Lipinski definition) is 1. The van der Waals surface area contributed by atoms with Crippen molar-refractivity contribution in [3.8, 4) is 0 Å². The van der Waals surface area contributed by atoms with Gasteiger partial charge in [-0.1, -0.05) is 19.9 Å². The lowest BCUT2D eigenvalue weighted by Gasteiger charge is -2.08. The molecule has 5 heteroatoms. The van der Waals surface area contributed by atoms with Crippen molar-refractivity contribution < 1.29 is 14.3 Å². The van der Waals surface area contributed by atoms with E-state index in [0.717, 1.165) is 11.6 Å². The molecule has 5 nitrogen and oxygen atoms in total. The van der Waals surface area contributed by atoms with E-state index >= 15 is 0 Å². The number of carboxylic acids is 1. The van der Waals surface area contributed by atoms with Crippen molar-refractivity contribution in [3.63, 3.8) is 0 Å². The van der Waals surface area contributed by atoms with Crippen LogP contribution in [0.1, 0.15) is 35.9 Å². The number of hydrogen-bond acceptors (Lipinski definition) is 4. The Hall–Kier alpha value is -2.69. The molecule has 3 aromatic rings. The molecule has 0 radical (unpaired) electrons. The number of pyridine rings is 1. The van der Waals surface area contributed by atoms with Gasteiger partial charge in [-0.05, 0) is 23.6 Å². The molecular formula is C16H13NO4. The van der Waals surface area contributed by atoms with E-state index in [1.807, 2.05) is 18.2 Å². The van der Waals surface area contributed by atoms with Crippen LogP contribution in [0.15, 0.2) is 39.7 Å². The Morgan fingerprint density at radius 2 is 2.00 bits per heavy atom. The zero-order valence-electron chi connectivity index (χ0n) is 11.6. The maximum atomic E-state index is 12.0. The Balaban J connectivity index is 2.41. The third-order valence-electron chi connectivity index (χ3n) is 3.46. The fourth-order valence-electron chi connectivity index (χ4n) is 2.27. The maximum absolute atomic E-state index is 12.0. The Morgan fingerprint density at radius 1 is 1.24 bits per heavy atom. The summed E-state index contributed by atoms with van der Waals surface area (Å²) < 4.78 is 5.38. The van der Waals surface area contributed by atoms with Crippen molar-refractivity contribution >= 4 is 27.8 Å². The minimum Gasteiger partial charge on any atom is -0.475 e. The summed E-state index contributed by atoms with van der Waals surface area (Å²) >= 11 is 0. The third-order valence-corrected chi connectivity index (χ3v) is 3.46. The first-order valence-corrected chi connectivity index (χ1v) is 6.57. The number of carboxylic acid groups (broad SMARTS) is 1. The van der Waals surface area contributed by atoms with E-state index in [1.165, 1.54) is 6.20 Å². The summed E-state index contributed by atoms with van der Waals surface area (Å²) in [6, 6.07) is 6.64. The number of nitrogens with zero attached hydrogens (tertiary/aromatic N) is 1. The van der Waals surface area contributed by atoms with Crippen LogP contribution >= 0.6 is 0 Å². The van der Waals surface area contributed by atoms with Gasteiger partial charge in [0.2, 0.25) is 5.76 Å². The SMILES string of the molecule is CC(C)c1ccc2c(c1)ncc1c(=O)cc(C(=O)O)oc12. The molecule has 0 unspecified atom stereocenters. The van der Waals surface area contributed by atoms with E-state index in [4.69, 9.17) is 9.52 Å². The normalized spacial score (nSPS) is 11.4. The quantitative estimate of drug-likeness (QED) is 0.731. The molecule has 0 bridgehead atoms. The van der Waals surface area contributed by atoms with Crippen LogP contribution in [0.4, 0.5) is 0 Å². The van der Waals surface area contributed by atoms with Crippen molar-refractivity contribution in [2.24, 2.45) is 0 Å². The fourth-order valence-corrected chi connectivity index (χ4v) is 2.27. The second-order valence-electron chi connectivity index (χ2n) is 5.21. The first kappa shape index (κ1) is 13.3. The smallest absolute Gasteiger partial charge is 0.371 e. The Labute approximate surface area is 119 Å². The lowest BCUT2D eigenvalue weighted by molar-refractivity contribution is 0.0663. The monoisotopic (exact) mass is 283 g/mol. The standard InChI is InChI=1S/C16H13NO4/c1-8(2)9-3-4-10-12(5-9)17-7-11-13(18)6-14(16(19)20)21-15(10)11/h3-8H,1-2H3,(H,19,20). The van der Waals surface area contributed by atoms with Crippen LogP contribution in [0.5, 0.6) is 0 Å². The largest absolute Gasteiger partial charge is 0.475 e. The molecular weight excluding hydrogens is 270 g/mol. The average molecular weight is 283 g/mol. The zero-order chi connectivity index (χ0) is 15.1. The number of benzene rings is 1. The highest BCUT2D eigenvalue weighted by atomic mass is 16.4. The minimum absolute atomic E-state index is 0.264. The van der Waals surface area contributed by atoms with Gasteiger partial charge in [0, 0.05) is 17.6 Å². The molecule has 0 aliphatic heterocycles. The number of aromatic nitrogens is 1. The number of aromatic carboxylic acids is 1. The van der Waals surface area contributed by atoms with Crippen LogP contribution in [0.3, 0.4) is 0 Å². The Morgan fingerprint density at radius 3 is 2.67 bits per heavy atom. The molecule has 0 amide bonds. The lowest BCUT2D eigenvalue weighted by Crippen LogP contribution is -2.07. The van der Waals surface area contributed by atoms with Crippen LogP contribution in [0, 0.1) is 0 Å². The highest BCUT2D eigenvalue weighted by molar-refractivity contribution is 6.02. The van der Waals surface area contributed by atoms with Gasteiger partial charge in [0.25, 0.3) is 0 Å². The molecule has 2 aromatic heterocycles. The van der Waals surface area contributed by atoms with Crippen LogP contribution in [-0.2, 0) is 0 Å². The molecule has 0 atom stereocenters. The van der Waals surface area contributed by atoms with Gasteiger partial charge in [-0.3, -0.25) is 9.78 Å². The Bertz CT molecular complexity index is 925. The fraction of sp³-hybridized carbons (Fsp3) is 0.188. The first-order chi connectivity index (χ1) is 9.97.